The molecule has 0 saturated heterocycles. The van der Waals surface area contributed by atoms with E-state index in [9.17, 15) is 9.82 Å². The Morgan fingerprint density at radius 1 is 1.25 bits per heavy atom. The van der Waals surface area contributed by atoms with Crippen molar-refractivity contribution < 1.29 is 14.5 Å². The molecule has 0 fully saturated rings. The molecule has 7 nitrogen and oxygen atoms in total. The smallest absolute Gasteiger partial charge is 0.423 e. The van der Waals surface area contributed by atoms with Crippen LogP contribution in [0.25, 0.3) is 11.4 Å². The Morgan fingerprint density at radius 2 is 2.17 bits per heavy atom. The first kappa shape index (κ1) is 14.6. The van der Waals surface area contributed by atoms with Gasteiger partial charge in [0.05, 0.1) is 12.3 Å². The number of amides is 1. The van der Waals surface area contributed by atoms with E-state index in [2.05, 4.69) is 20.5 Å². The van der Waals surface area contributed by atoms with Crippen molar-refractivity contribution >= 4 is 24.2 Å². The van der Waals surface area contributed by atoms with Gasteiger partial charge in [0.2, 0.25) is 0 Å². The summed E-state index contributed by atoms with van der Waals surface area (Å²) in [5, 5.41) is 19.3. The van der Waals surface area contributed by atoms with Gasteiger partial charge in [-0.2, -0.15) is 5.10 Å². The molecule has 2 aromatic heterocycles. The number of anilines is 1. The molecule has 1 aromatic carbocycles. The molecular weight excluding hydrogens is 307 g/mol. The molecule has 0 spiro atoms. The van der Waals surface area contributed by atoms with E-state index in [1.807, 2.05) is 24.3 Å². The third kappa shape index (κ3) is 2.68. The number of hydrogen-bond donors (Lipinski definition) is 3. The van der Waals surface area contributed by atoms with Gasteiger partial charge in [-0.15, -0.1) is 0 Å². The van der Waals surface area contributed by atoms with Crippen LogP contribution in [-0.2, 0) is 11.3 Å². The number of carbonyl (C=O) groups excluding carboxylic acids is 1. The summed E-state index contributed by atoms with van der Waals surface area (Å²) >= 11 is 0. The molecule has 118 valence electrons. The Bertz CT molecular complexity index is 897. The number of H-pyrrole nitrogens is 1. The summed E-state index contributed by atoms with van der Waals surface area (Å²) in [5.74, 6) is -0.321. The highest BCUT2D eigenvalue weighted by molar-refractivity contribution is 6.61. The average molecular weight is 320 g/mol. The van der Waals surface area contributed by atoms with Gasteiger partial charge in [0.25, 0.3) is 5.91 Å². The lowest BCUT2D eigenvalue weighted by Crippen LogP contribution is -2.28. The van der Waals surface area contributed by atoms with Crippen LogP contribution in [0.5, 0.6) is 0 Å². The topological polar surface area (TPSA) is 100 Å². The van der Waals surface area contributed by atoms with Crippen LogP contribution in [-0.4, -0.2) is 33.2 Å². The van der Waals surface area contributed by atoms with Crippen LogP contribution in [0.4, 0.5) is 5.69 Å². The number of carbonyl (C=O) groups is 1. The fourth-order valence-corrected chi connectivity index (χ4v) is 2.57. The van der Waals surface area contributed by atoms with E-state index >= 15 is 0 Å². The van der Waals surface area contributed by atoms with Crippen molar-refractivity contribution in [1.29, 1.82) is 0 Å². The zero-order valence-corrected chi connectivity index (χ0v) is 12.6. The molecule has 0 bridgehead atoms. The van der Waals surface area contributed by atoms with Crippen molar-refractivity contribution in [3.8, 4) is 11.4 Å². The van der Waals surface area contributed by atoms with Gasteiger partial charge in [-0.3, -0.25) is 14.9 Å². The number of benzene rings is 1. The Kier molecular flexibility index (Phi) is 3.60. The van der Waals surface area contributed by atoms with Gasteiger partial charge in [-0.25, -0.2) is 0 Å². The summed E-state index contributed by atoms with van der Waals surface area (Å²) < 4.78 is 5.14. The maximum absolute atomic E-state index is 12.3. The van der Waals surface area contributed by atoms with Crippen LogP contribution in [0, 0.1) is 0 Å². The summed E-state index contributed by atoms with van der Waals surface area (Å²) in [6, 6.07) is 12.4. The van der Waals surface area contributed by atoms with Crippen molar-refractivity contribution in [3.63, 3.8) is 0 Å². The Hall–Kier alpha value is -2.97. The molecule has 1 amide bonds. The second-order valence-corrected chi connectivity index (χ2v) is 5.41. The van der Waals surface area contributed by atoms with Gasteiger partial charge in [0.1, 0.15) is 11.4 Å². The quantitative estimate of drug-likeness (QED) is 0.624. The zero-order valence-electron chi connectivity index (χ0n) is 12.6. The maximum Gasteiger partial charge on any atom is 0.491 e. The first-order chi connectivity index (χ1) is 11.7. The van der Waals surface area contributed by atoms with E-state index in [0.29, 0.717) is 34.8 Å². The molecule has 1 aliphatic rings. The summed E-state index contributed by atoms with van der Waals surface area (Å²) in [6.45, 7) is 0.374. The lowest BCUT2D eigenvalue weighted by atomic mass is 9.79. The van der Waals surface area contributed by atoms with Gasteiger partial charge in [-0.1, -0.05) is 12.1 Å². The Labute approximate surface area is 137 Å². The van der Waals surface area contributed by atoms with Crippen molar-refractivity contribution in [1.82, 2.24) is 15.2 Å². The van der Waals surface area contributed by atoms with E-state index in [0.717, 1.165) is 5.56 Å². The highest BCUT2D eigenvalue weighted by Crippen LogP contribution is 2.17. The number of nitrogens with one attached hydrogen (secondary N) is 2. The van der Waals surface area contributed by atoms with Crippen LogP contribution in [0.3, 0.4) is 0 Å². The monoisotopic (exact) mass is 320 g/mol. The van der Waals surface area contributed by atoms with Crippen molar-refractivity contribution in [2.45, 2.75) is 6.61 Å². The fourth-order valence-electron chi connectivity index (χ4n) is 2.57. The average Bonchev–Trinajstić information content (AvgIpc) is 3.24. The molecule has 0 saturated carbocycles. The molecule has 3 aromatic rings. The lowest BCUT2D eigenvalue weighted by Gasteiger charge is -2.06. The number of rotatable bonds is 3. The van der Waals surface area contributed by atoms with Crippen LogP contribution < -0.4 is 10.8 Å². The highest BCUT2D eigenvalue weighted by Gasteiger charge is 2.27. The molecule has 8 heteroatoms. The second kappa shape index (κ2) is 5.91. The molecule has 1 aliphatic heterocycles. The van der Waals surface area contributed by atoms with E-state index in [4.69, 9.17) is 4.65 Å². The SMILES string of the molecule is O=C(Nc1ccc2c(c1)B(O)OC2)c1cc(-c2ccccn2)n[nH]1. The number of hydrogen-bond acceptors (Lipinski definition) is 5. The van der Waals surface area contributed by atoms with Gasteiger partial charge in [0, 0.05) is 11.9 Å². The summed E-state index contributed by atoms with van der Waals surface area (Å²) in [4.78, 5) is 16.5. The molecule has 0 aliphatic carbocycles. The summed E-state index contributed by atoms with van der Waals surface area (Å²) in [5.41, 5.74) is 3.78. The minimum Gasteiger partial charge on any atom is -0.423 e. The number of nitrogens with zero attached hydrogens (tertiary/aromatic N) is 2. The zero-order chi connectivity index (χ0) is 16.5. The normalized spacial score (nSPS) is 13.0. The standard InChI is InChI=1S/C16H13BN4O3/c22-16(15-8-14(20-21-15)13-3-1-2-6-18-13)19-11-5-4-10-9-24-17(23)12(10)7-11/h1-8,23H,9H2,(H,19,22)(H,20,21). The number of aromatic amines is 1. The molecule has 3 heterocycles. The number of pyridine rings is 1. The van der Waals surface area contributed by atoms with Crippen molar-refractivity contribution in [2.24, 2.45) is 0 Å². The molecule has 0 atom stereocenters. The number of fused-ring (bicyclic) bond motifs is 1. The third-order valence-corrected chi connectivity index (χ3v) is 3.82. The first-order valence-corrected chi connectivity index (χ1v) is 7.41. The predicted molar refractivity (Wildman–Crippen MR) is 88.6 cm³/mol. The van der Waals surface area contributed by atoms with Gasteiger partial charge in [-0.05, 0) is 41.4 Å². The second-order valence-electron chi connectivity index (χ2n) is 5.41. The first-order valence-electron chi connectivity index (χ1n) is 7.41. The van der Waals surface area contributed by atoms with Gasteiger partial charge >= 0.3 is 7.12 Å². The molecular formula is C16H13BN4O3. The van der Waals surface area contributed by atoms with Gasteiger partial charge < -0.3 is 15.0 Å². The molecule has 0 unspecified atom stereocenters. The largest absolute Gasteiger partial charge is 0.491 e. The molecule has 24 heavy (non-hydrogen) atoms. The minimum absolute atomic E-state index is 0.321. The van der Waals surface area contributed by atoms with Crippen LogP contribution in [0.2, 0.25) is 0 Å². The highest BCUT2D eigenvalue weighted by atomic mass is 16.5. The van der Waals surface area contributed by atoms with E-state index in [-0.39, 0.29) is 5.91 Å². The van der Waals surface area contributed by atoms with Crippen molar-refractivity contribution in [3.05, 3.63) is 59.9 Å². The molecule has 3 N–H and O–H groups in total. The molecule has 0 radical (unpaired) electrons. The summed E-state index contributed by atoms with van der Waals surface area (Å²) in [6.07, 6.45) is 1.67. The maximum atomic E-state index is 12.3. The lowest BCUT2D eigenvalue weighted by molar-refractivity contribution is 0.102. The minimum atomic E-state index is -0.945. The van der Waals surface area contributed by atoms with E-state index < -0.39 is 7.12 Å². The van der Waals surface area contributed by atoms with Gasteiger partial charge in [0.15, 0.2) is 0 Å². The van der Waals surface area contributed by atoms with Crippen molar-refractivity contribution in [2.75, 3.05) is 5.32 Å². The van der Waals surface area contributed by atoms with Crippen LogP contribution >= 0.6 is 0 Å². The Balaban J connectivity index is 1.53. The van der Waals surface area contributed by atoms with E-state index in [1.165, 1.54) is 0 Å². The summed E-state index contributed by atoms with van der Waals surface area (Å²) in [7, 11) is -0.945. The van der Waals surface area contributed by atoms with E-state index in [1.54, 1.807) is 24.4 Å². The van der Waals surface area contributed by atoms with Crippen LogP contribution in [0.15, 0.2) is 48.7 Å². The fraction of sp³-hybridized carbons (Fsp3) is 0.0625. The van der Waals surface area contributed by atoms with Crippen LogP contribution in [0.1, 0.15) is 16.1 Å². The number of aromatic nitrogens is 3. The predicted octanol–water partition coefficient (Wildman–Crippen LogP) is 0.942. The third-order valence-electron chi connectivity index (χ3n) is 3.82. The molecule has 4 rings (SSSR count). The Morgan fingerprint density at radius 3 is 3.00 bits per heavy atom.